The molecule has 3 aliphatic heterocycles. The number of nitrogens with zero attached hydrogens (tertiary/aromatic N) is 2. The molecule has 0 bridgehead atoms. The van der Waals surface area contributed by atoms with Crippen LogP contribution in [0.3, 0.4) is 0 Å². The number of likely N-dealkylation sites (tertiary alicyclic amines) is 1. The molecular weight excluding hydrogens is 976 g/mol. The molecule has 3 saturated heterocycles. The lowest BCUT2D eigenvalue weighted by atomic mass is 10.0. The summed E-state index contributed by atoms with van der Waals surface area (Å²) in [7, 11) is -1.69. The van der Waals surface area contributed by atoms with Gasteiger partial charge in [0.25, 0.3) is 5.56 Å². The molecule has 7 N–H and O–H groups in total. The van der Waals surface area contributed by atoms with Crippen LogP contribution >= 0.6 is 19.6 Å². The number of aliphatic hydroxyl groups is 4. The van der Waals surface area contributed by atoms with Gasteiger partial charge in [-0.25, -0.2) is 9.36 Å². The van der Waals surface area contributed by atoms with E-state index in [2.05, 4.69) is 10.3 Å². The Bertz CT molecular complexity index is 2090. The Labute approximate surface area is 416 Å². The second-order valence-electron chi connectivity index (χ2n) is 18.1. The molecule has 3 fully saturated rings. The lowest BCUT2D eigenvalue weighted by molar-refractivity contribution is -0.138. The molecular formula is C46H73N4O19PS. The van der Waals surface area contributed by atoms with Crippen molar-refractivity contribution in [2.45, 2.75) is 157 Å². The summed E-state index contributed by atoms with van der Waals surface area (Å²) >= 11 is 1.30. The number of aromatic amines is 1. The maximum Gasteiger partial charge on any atom is 0.472 e. The normalized spacial score (nSPS) is 25.9. The number of ether oxygens (including phenoxy) is 4. The van der Waals surface area contributed by atoms with Crippen molar-refractivity contribution in [3.05, 3.63) is 38.7 Å². The molecule has 25 heteroatoms. The Morgan fingerprint density at radius 3 is 2.27 bits per heavy atom. The van der Waals surface area contributed by atoms with E-state index in [4.69, 9.17) is 28.0 Å². The first kappa shape index (κ1) is 60.1. The molecule has 0 radical (unpaired) electrons. The highest BCUT2D eigenvalue weighted by atomic mass is 32.2. The number of unbranched alkanes of at least 4 members (excludes halogenated alkanes) is 6. The molecule has 402 valence electrons. The Hall–Kier alpha value is -3.49. The Morgan fingerprint density at radius 1 is 0.887 bits per heavy atom. The molecule has 23 nitrogen and oxygen atoms in total. The van der Waals surface area contributed by atoms with Gasteiger partial charge in [-0.3, -0.25) is 52.3 Å². The van der Waals surface area contributed by atoms with E-state index in [1.54, 1.807) is 6.92 Å². The topological polar surface area (TPSA) is 329 Å². The summed E-state index contributed by atoms with van der Waals surface area (Å²) in [6.07, 6.45) is 3.53. The van der Waals surface area contributed by atoms with Crippen molar-refractivity contribution in [1.29, 1.82) is 0 Å². The van der Waals surface area contributed by atoms with Crippen LogP contribution in [0.15, 0.2) is 21.9 Å². The number of phosphoric acid groups is 1. The first-order chi connectivity index (χ1) is 33.9. The predicted molar refractivity (Wildman–Crippen MR) is 257 cm³/mol. The molecule has 4 rings (SSSR count). The first-order valence-electron chi connectivity index (χ1n) is 24.3. The highest BCUT2D eigenvalue weighted by Crippen LogP contribution is 2.44. The molecule has 4 heterocycles. The number of hydrogen-bond donors (Lipinski definition) is 7. The number of methoxy groups -OCH3 is 2. The summed E-state index contributed by atoms with van der Waals surface area (Å²) in [6, 6.07) is 0. The summed E-state index contributed by atoms with van der Waals surface area (Å²) in [4.78, 5) is 101. The van der Waals surface area contributed by atoms with Crippen molar-refractivity contribution in [2.75, 3.05) is 59.5 Å². The molecule has 0 saturated carbocycles. The van der Waals surface area contributed by atoms with E-state index in [1.807, 2.05) is 0 Å². The van der Waals surface area contributed by atoms with E-state index in [1.165, 1.54) is 37.0 Å². The summed E-state index contributed by atoms with van der Waals surface area (Å²) in [6.45, 7) is 1.32. The molecule has 1 aromatic heterocycles. The molecule has 5 unspecified atom stereocenters. The minimum absolute atomic E-state index is 0.00707. The van der Waals surface area contributed by atoms with Crippen LogP contribution in [0.1, 0.15) is 115 Å². The fourth-order valence-corrected chi connectivity index (χ4v) is 10.4. The smallest absolute Gasteiger partial charge is 0.396 e. The molecule has 0 aliphatic carbocycles. The fraction of sp³-hybridized carbons (Fsp3) is 0.761. The van der Waals surface area contributed by atoms with Crippen molar-refractivity contribution in [3.8, 4) is 0 Å². The number of phosphoric ester groups is 1. The van der Waals surface area contributed by atoms with Gasteiger partial charge in [0.2, 0.25) is 17.7 Å². The minimum atomic E-state index is -4.47. The molecule has 11 atom stereocenters. The van der Waals surface area contributed by atoms with Gasteiger partial charge in [0.15, 0.2) is 6.23 Å². The van der Waals surface area contributed by atoms with E-state index in [0.29, 0.717) is 70.1 Å². The van der Waals surface area contributed by atoms with Crippen LogP contribution in [0.2, 0.25) is 0 Å². The summed E-state index contributed by atoms with van der Waals surface area (Å²) in [5, 5.41) is 42.6. The van der Waals surface area contributed by atoms with Gasteiger partial charge in [0, 0.05) is 90.0 Å². The monoisotopic (exact) mass is 1050 g/mol. The van der Waals surface area contributed by atoms with Crippen LogP contribution in [0.4, 0.5) is 0 Å². The number of aromatic nitrogens is 2. The quantitative estimate of drug-likeness (QED) is 0.0218. The molecule has 0 aromatic carbocycles. The lowest BCUT2D eigenvalue weighted by Crippen LogP contribution is -2.38. The van der Waals surface area contributed by atoms with Crippen molar-refractivity contribution in [2.24, 2.45) is 5.92 Å². The van der Waals surface area contributed by atoms with Crippen LogP contribution in [0.5, 0.6) is 0 Å². The highest BCUT2D eigenvalue weighted by molar-refractivity contribution is 8.00. The van der Waals surface area contributed by atoms with Gasteiger partial charge in [0.05, 0.1) is 36.7 Å². The second-order valence-corrected chi connectivity index (χ2v) is 20.8. The van der Waals surface area contributed by atoms with Gasteiger partial charge >= 0.3 is 13.5 Å². The van der Waals surface area contributed by atoms with E-state index < -0.39 is 85.1 Å². The van der Waals surface area contributed by atoms with E-state index in [-0.39, 0.29) is 81.2 Å². The third-order valence-corrected chi connectivity index (χ3v) is 14.7. The largest absolute Gasteiger partial charge is 0.472 e. The van der Waals surface area contributed by atoms with Crippen LogP contribution in [0, 0.1) is 5.92 Å². The summed E-state index contributed by atoms with van der Waals surface area (Å²) in [5.74, 6) is -0.984. The standard InChI is InChI=1S/C46H73N4O19PS/c1-29-39(56)42(65-3)35(68-29)28-67-70(62,63)66-26-30(25-51)13-8-7-10-14-32(52)16-12-21-49-38(55)23-36(44(49)60)71-22-19-33(53)15-9-5-4-6-11-20-47-37(54)18-17-31-24-50(46(61)48-43(31)59)45-41(58)40(57)34(69-45)27-64-2/h17-18,24,29-30,34-36,39-42,45,51,56-58H,4-16,19-23,25-28H2,1-3H3,(H,47,54)(H,62,63)(H,48,59,61)/b18-17+/t29-,30?,34+,35+,36?,39+,40?,41-,42?,45+/m0/s1. The van der Waals surface area contributed by atoms with Crippen LogP contribution in [-0.4, -0.2) is 177 Å². The first-order valence-corrected chi connectivity index (χ1v) is 26.8. The van der Waals surface area contributed by atoms with Gasteiger partial charge in [-0.05, 0) is 45.1 Å². The number of nitrogens with one attached hydrogen (secondary N) is 2. The van der Waals surface area contributed by atoms with Crippen molar-refractivity contribution < 1.29 is 81.9 Å². The van der Waals surface area contributed by atoms with E-state index >= 15 is 0 Å². The second kappa shape index (κ2) is 30.6. The maximum atomic E-state index is 13.0. The fourth-order valence-electron chi connectivity index (χ4n) is 8.41. The number of carbonyl (C=O) groups is 5. The van der Waals surface area contributed by atoms with E-state index in [0.717, 1.165) is 36.1 Å². The molecule has 3 aliphatic rings. The Kier molecular flexibility index (Phi) is 25.9. The van der Waals surface area contributed by atoms with Crippen LogP contribution in [0.25, 0.3) is 6.08 Å². The van der Waals surface area contributed by atoms with Gasteiger partial charge in [-0.15, -0.1) is 11.8 Å². The van der Waals surface area contributed by atoms with E-state index in [9.17, 15) is 63.4 Å². The third-order valence-electron chi connectivity index (χ3n) is 12.6. The zero-order valence-corrected chi connectivity index (χ0v) is 42.5. The van der Waals surface area contributed by atoms with Crippen molar-refractivity contribution >= 4 is 54.9 Å². The Morgan fingerprint density at radius 2 is 1.56 bits per heavy atom. The number of rotatable bonds is 35. The number of Topliss-reactive ketones (excluding diaryl/α,β-unsaturated/α-hetero) is 2. The highest BCUT2D eigenvalue weighted by Gasteiger charge is 2.45. The SMILES string of the molecule is COC[C@H]1O[C@@H](n2cc(/C=C/C(=O)NCCCCCCCC(=O)CCSC3CC(=O)N(CCCC(=O)CCCCCC(CO)COP(=O)(O)OC[C@H]4O[C@@H](C)[C@@H](O)C4OC)C3=O)c(=O)[nH]c2=O)[C@@H](O)C1O. The molecule has 3 amide bonds. The lowest BCUT2D eigenvalue weighted by Gasteiger charge is -2.21. The number of hydrogen-bond acceptors (Lipinski definition) is 19. The number of H-pyrrole nitrogens is 1. The number of ketones is 2. The van der Waals surface area contributed by atoms with Gasteiger partial charge in [0.1, 0.15) is 48.2 Å². The number of aliphatic hydroxyl groups excluding tert-OH is 4. The summed E-state index contributed by atoms with van der Waals surface area (Å²) in [5.41, 5.74) is -1.65. The average molecular weight is 1050 g/mol. The van der Waals surface area contributed by atoms with Crippen LogP contribution in [-0.2, 0) is 56.5 Å². The number of thioether (sulfide) groups is 1. The molecule has 71 heavy (non-hydrogen) atoms. The van der Waals surface area contributed by atoms with Gasteiger partial charge in [-0.2, -0.15) is 0 Å². The zero-order valence-electron chi connectivity index (χ0n) is 40.8. The van der Waals surface area contributed by atoms with Crippen LogP contribution < -0.4 is 16.6 Å². The molecule has 1 aromatic rings. The van der Waals surface area contributed by atoms with Gasteiger partial charge < -0.3 is 49.6 Å². The van der Waals surface area contributed by atoms with Crippen molar-refractivity contribution in [1.82, 2.24) is 19.8 Å². The van der Waals surface area contributed by atoms with Gasteiger partial charge in [-0.1, -0.05) is 32.1 Å². The number of imide groups is 1. The zero-order chi connectivity index (χ0) is 52.1. The predicted octanol–water partition coefficient (Wildman–Crippen LogP) is 1.30. The average Bonchev–Trinajstić information content (AvgIpc) is 3.89. The third kappa shape index (κ3) is 19.4. The minimum Gasteiger partial charge on any atom is -0.396 e. The Balaban J connectivity index is 0.984. The molecule has 0 spiro atoms. The maximum absolute atomic E-state index is 13.0. The number of carbonyl (C=O) groups excluding carboxylic acids is 5. The summed E-state index contributed by atoms with van der Waals surface area (Å²) < 4.78 is 44.7. The number of amides is 3. The van der Waals surface area contributed by atoms with Crippen molar-refractivity contribution in [3.63, 3.8) is 0 Å².